The summed E-state index contributed by atoms with van der Waals surface area (Å²) in [6, 6.07) is 10.3. The van der Waals surface area contributed by atoms with E-state index in [4.69, 9.17) is 4.52 Å². The van der Waals surface area contributed by atoms with Crippen molar-refractivity contribution in [3.63, 3.8) is 0 Å². The first-order valence-corrected chi connectivity index (χ1v) is 6.27. The van der Waals surface area contributed by atoms with Gasteiger partial charge in [0.1, 0.15) is 5.76 Å². The van der Waals surface area contributed by atoms with Crippen molar-refractivity contribution in [2.45, 2.75) is 20.0 Å². The number of nitrogens with one attached hydrogen (secondary N) is 1. The van der Waals surface area contributed by atoms with E-state index >= 15 is 0 Å². The third kappa shape index (κ3) is 2.63. The highest BCUT2D eigenvalue weighted by Gasteiger charge is 2.02. The highest BCUT2D eigenvalue weighted by atomic mass is 16.5. The summed E-state index contributed by atoms with van der Waals surface area (Å²) in [5.41, 5.74) is 2.19. The molecule has 96 valence electrons. The molecule has 0 fully saturated rings. The summed E-state index contributed by atoms with van der Waals surface area (Å²) in [6.07, 6.45) is 3.71. The Hall–Kier alpha value is -2.20. The summed E-state index contributed by atoms with van der Waals surface area (Å²) in [5.74, 6) is 0.841. The molecule has 2 heterocycles. The molecule has 0 aliphatic carbocycles. The first-order valence-electron chi connectivity index (χ1n) is 6.27. The maximum Gasteiger partial charge on any atom is 0.133 e. The molecule has 4 nitrogen and oxygen atoms in total. The lowest BCUT2D eigenvalue weighted by atomic mass is 10.1. The monoisotopic (exact) mass is 253 g/mol. The molecule has 3 aromatic rings. The standard InChI is InChI=1S/C15H15N3O/c1-11-7-14(18-19-11)10-17-9-13-4-2-3-12-8-16-6-5-15(12)13/h2-8,17H,9-10H2,1H3. The molecule has 2 aromatic heterocycles. The minimum atomic E-state index is 0.707. The summed E-state index contributed by atoms with van der Waals surface area (Å²) in [6.45, 7) is 3.40. The lowest BCUT2D eigenvalue weighted by Gasteiger charge is -2.06. The highest BCUT2D eigenvalue weighted by molar-refractivity contribution is 5.84. The lowest BCUT2D eigenvalue weighted by molar-refractivity contribution is 0.388. The van der Waals surface area contributed by atoms with Crippen molar-refractivity contribution in [1.29, 1.82) is 0 Å². The summed E-state index contributed by atoms with van der Waals surface area (Å²) < 4.78 is 5.04. The number of nitrogens with zero attached hydrogens (tertiary/aromatic N) is 2. The molecule has 0 saturated heterocycles. The highest BCUT2D eigenvalue weighted by Crippen LogP contribution is 2.17. The fourth-order valence-corrected chi connectivity index (χ4v) is 2.17. The summed E-state index contributed by atoms with van der Waals surface area (Å²) in [5, 5.41) is 9.75. The third-order valence-electron chi connectivity index (χ3n) is 3.07. The number of aromatic nitrogens is 2. The Morgan fingerprint density at radius 1 is 1.21 bits per heavy atom. The number of aryl methyl sites for hydroxylation is 1. The van der Waals surface area contributed by atoms with Crippen molar-refractivity contribution in [3.8, 4) is 0 Å². The molecule has 0 aliphatic heterocycles. The SMILES string of the molecule is Cc1cc(CNCc2cccc3cnccc23)no1. The quantitative estimate of drug-likeness (QED) is 0.776. The fraction of sp³-hybridized carbons (Fsp3) is 0.200. The molecule has 3 rings (SSSR count). The second-order valence-corrected chi connectivity index (χ2v) is 4.55. The van der Waals surface area contributed by atoms with Crippen LogP contribution in [0.1, 0.15) is 17.0 Å². The zero-order valence-corrected chi connectivity index (χ0v) is 10.8. The third-order valence-corrected chi connectivity index (χ3v) is 3.07. The van der Waals surface area contributed by atoms with Crippen LogP contribution in [0.2, 0.25) is 0 Å². The van der Waals surface area contributed by atoms with Crippen LogP contribution in [0.25, 0.3) is 10.8 Å². The van der Waals surface area contributed by atoms with Gasteiger partial charge in [0.15, 0.2) is 0 Å². The Morgan fingerprint density at radius 3 is 3.00 bits per heavy atom. The molecule has 0 radical (unpaired) electrons. The van der Waals surface area contributed by atoms with Crippen LogP contribution in [0.5, 0.6) is 0 Å². The van der Waals surface area contributed by atoms with Gasteiger partial charge in [-0.25, -0.2) is 0 Å². The van der Waals surface area contributed by atoms with Crippen molar-refractivity contribution < 1.29 is 4.52 Å². The van der Waals surface area contributed by atoms with E-state index in [1.165, 1.54) is 16.3 Å². The molecule has 0 saturated carbocycles. The van der Waals surface area contributed by atoms with E-state index in [1.807, 2.05) is 31.5 Å². The van der Waals surface area contributed by atoms with Crippen LogP contribution < -0.4 is 5.32 Å². The molecule has 1 aromatic carbocycles. The minimum Gasteiger partial charge on any atom is -0.361 e. The largest absolute Gasteiger partial charge is 0.361 e. The first kappa shape index (κ1) is 11.9. The van der Waals surface area contributed by atoms with Crippen molar-refractivity contribution in [2.75, 3.05) is 0 Å². The van der Waals surface area contributed by atoms with Gasteiger partial charge in [-0.2, -0.15) is 0 Å². The number of pyridine rings is 1. The van der Waals surface area contributed by atoms with E-state index in [0.717, 1.165) is 18.0 Å². The van der Waals surface area contributed by atoms with E-state index in [0.29, 0.717) is 6.54 Å². The number of benzene rings is 1. The lowest BCUT2D eigenvalue weighted by Crippen LogP contribution is -2.13. The number of fused-ring (bicyclic) bond motifs is 1. The van der Waals surface area contributed by atoms with Crippen molar-refractivity contribution in [1.82, 2.24) is 15.5 Å². The van der Waals surface area contributed by atoms with E-state index < -0.39 is 0 Å². The molecule has 0 unspecified atom stereocenters. The summed E-state index contributed by atoms with van der Waals surface area (Å²) in [4.78, 5) is 4.14. The van der Waals surface area contributed by atoms with Gasteiger partial charge in [-0.15, -0.1) is 0 Å². The van der Waals surface area contributed by atoms with Crippen LogP contribution in [-0.4, -0.2) is 10.1 Å². The van der Waals surface area contributed by atoms with Gasteiger partial charge in [0.25, 0.3) is 0 Å². The zero-order valence-electron chi connectivity index (χ0n) is 10.8. The Morgan fingerprint density at radius 2 is 2.16 bits per heavy atom. The van der Waals surface area contributed by atoms with Gasteiger partial charge < -0.3 is 9.84 Å². The Kier molecular flexibility index (Phi) is 3.25. The Labute approximate surface area is 111 Å². The molecule has 0 bridgehead atoms. The van der Waals surface area contributed by atoms with Gasteiger partial charge in [-0.3, -0.25) is 4.98 Å². The smallest absolute Gasteiger partial charge is 0.133 e. The predicted molar refractivity (Wildman–Crippen MR) is 73.5 cm³/mol. The number of hydrogen-bond acceptors (Lipinski definition) is 4. The van der Waals surface area contributed by atoms with Crippen LogP contribution in [0.15, 0.2) is 47.2 Å². The van der Waals surface area contributed by atoms with E-state index in [9.17, 15) is 0 Å². The molecular formula is C15H15N3O. The molecular weight excluding hydrogens is 238 g/mol. The molecule has 0 atom stereocenters. The van der Waals surface area contributed by atoms with Crippen LogP contribution in [0.3, 0.4) is 0 Å². The second kappa shape index (κ2) is 5.20. The van der Waals surface area contributed by atoms with Crippen LogP contribution in [0, 0.1) is 6.92 Å². The van der Waals surface area contributed by atoms with Crippen LogP contribution >= 0.6 is 0 Å². The van der Waals surface area contributed by atoms with E-state index in [1.54, 1.807) is 0 Å². The van der Waals surface area contributed by atoms with Crippen LogP contribution in [0.4, 0.5) is 0 Å². The molecule has 19 heavy (non-hydrogen) atoms. The van der Waals surface area contributed by atoms with Crippen LogP contribution in [-0.2, 0) is 13.1 Å². The minimum absolute atomic E-state index is 0.707. The van der Waals surface area contributed by atoms with Gasteiger partial charge >= 0.3 is 0 Å². The molecule has 0 aliphatic rings. The maximum absolute atomic E-state index is 5.04. The van der Waals surface area contributed by atoms with Gasteiger partial charge in [0.05, 0.1) is 5.69 Å². The molecule has 1 N–H and O–H groups in total. The van der Waals surface area contributed by atoms with E-state index in [-0.39, 0.29) is 0 Å². The second-order valence-electron chi connectivity index (χ2n) is 4.55. The number of rotatable bonds is 4. The fourth-order valence-electron chi connectivity index (χ4n) is 2.17. The normalized spacial score (nSPS) is 11.0. The zero-order chi connectivity index (χ0) is 13.1. The predicted octanol–water partition coefficient (Wildman–Crippen LogP) is 2.82. The summed E-state index contributed by atoms with van der Waals surface area (Å²) in [7, 11) is 0. The molecule has 0 spiro atoms. The average Bonchev–Trinajstić information content (AvgIpc) is 2.85. The Balaban J connectivity index is 1.71. The summed E-state index contributed by atoms with van der Waals surface area (Å²) >= 11 is 0. The maximum atomic E-state index is 5.04. The molecule has 4 heteroatoms. The van der Waals surface area contributed by atoms with Crippen molar-refractivity contribution in [2.24, 2.45) is 0 Å². The number of hydrogen-bond donors (Lipinski definition) is 1. The van der Waals surface area contributed by atoms with Gasteiger partial charge in [-0.05, 0) is 23.9 Å². The average molecular weight is 253 g/mol. The van der Waals surface area contributed by atoms with Gasteiger partial charge in [-0.1, -0.05) is 23.4 Å². The first-order chi connectivity index (χ1) is 9.33. The van der Waals surface area contributed by atoms with Crippen molar-refractivity contribution in [3.05, 3.63) is 59.7 Å². The van der Waals surface area contributed by atoms with E-state index in [2.05, 4.69) is 33.7 Å². The van der Waals surface area contributed by atoms with Gasteiger partial charge in [0, 0.05) is 36.9 Å². The van der Waals surface area contributed by atoms with Crippen molar-refractivity contribution >= 4 is 10.8 Å². The topological polar surface area (TPSA) is 51.0 Å². The van der Waals surface area contributed by atoms with Gasteiger partial charge in [0.2, 0.25) is 0 Å². The Bertz CT molecular complexity index is 685. The molecule has 0 amide bonds.